The molecule has 29 heavy (non-hydrogen) atoms. The van der Waals surface area contributed by atoms with E-state index in [1.54, 1.807) is 0 Å². The fraction of sp³-hybridized carbons (Fsp3) is 0.429. The van der Waals surface area contributed by atoms with Crippen LogP contribution in [-0.4, -0.2) is 33.6 Å². The van der Waals surface area contributed by atoms with Crippen molar-refractivity contribution < 1.29 is 0 Å². The van der Waals surface area contributed by atoms with Crippen LogP contribution in [0.15, 0.2) is 35.3 Å². The maximum atomic E-state index is 5.96. The average molecular weight is 431 g/mol. The Labute approximate surface area is 182 Å². The summed E-state index contributed by atoms with van der Waals surface area (Å²) < 4.78 is 0. The molecule has 1 aromatic heterocycles. The van der Waals surface area contributed by atoms with Gasteiger partial charge in [0.2, 0.25) is 11.9 Å². The van der Waals surface area contributed by atoms with Crippen LogP contribution in [-0.2, 0) is 6.42 Å². The average Bonchev–Trinajstić information content (AvgIpc) is 3.15. The first-order chi connectivity index (χ1) is 14.0. The Morgan fingerprint density at radius 1 is 1.14 bits per heavy atom. The number of aryl methyl sites for hydroxylation is 2. The van der Waals surface area contributed by atoms with Gasteiger partial charge < -0.3 is 10.6 Å². The molecule has 0 aliphatic heterocycles. The van der Waals surface area contributed by atoms with E-state index in [1.165, 1.54) is 18.4 Å². The molecule has 2 aromatic rings. The first-order valence-electron chi connectivity index (χ1n) is 9.93. The van der Waals surface area contributed by atoms with E-state index in [9.17, 15) is 0 Å². The molecule has 3 N–H and O–H groups in total. The molecule has 1 aliphatic rings. The highest BCUT2D eigenvalue weighted by Crippen LogP contribution is 2.17. The maximum absolute atomic E-state index is 5.96. The summed E-state index contributed by atoms with van der Waals surface area (Å²) in [6, 6.07) is 10.2. The standard InChI is InChI=1S/C21H27ClN6S/c1-14-13-15(2)25-20(24-14)27-19(28-21(29)26-18-5-3-4-6-18)23-12-11-16-7-9-17(22)10-8-16/h7-10,13,18H,3-6,11-12H2,1-2H3,(H3,23,24,25,26,27,28,29). The second-order valence-electron chi connectivity index (χ2n) is 7.29. The summed E-state index contributed by atoms with van der Waals surface area (Å²) in [5.74, 6) is 1.04. The zero-order valence-corrected chi connectivity index (χ0v) is 18.4. The minimum Gasteiger partial charge on any atom is -0.360 e. The largest absolute Gasteiger partial charge is 0.360 e. The van der Waals surface area contributed by atoms with E-state index in [0.29, 0.717) is 29.6 Å². The number of hydrogen-bond acceptors (Lipinski definition) is 4. The molecule has 1 aromatic carbocycles. The van der Waals surface area contributed by atoms with Crippen molar-refractivity contribution in [1.29, 1.82) is 0 Å². The van der Waals surface area contributed by atoms with Crippen LogP contribution in [0.3, 0.4) is 0 Å². The molecule has 0 bridgehead atoms. The number of anilines is 1. The lowest BCUT2D eigenvalue weighted by Crippen LogP contribution is -2.46. The number of nitrogens with one attached hydrogen (secondary N) is 3. The van der Waals surface area contributed by atoms with Crippen molar-refractivity contribution in [2.24, 2.45) is 4.99 Å². The number of hydrogen-bond donors (Lipinski definition) is 3. The number of guanidine groups is 1. The van der Waals surface area contributed by atoms with Crippen molar-refractivity contribution >= 4 is 40.8 Å². The number of rotatable bonds is 5. The fourth-order valence-corrected chi connectivity index (χ4v) is 3.73. The van der Waals surface area contributed by atoms with Crippen molar-refractivity contribution in [2.45, 2.75) is 52.0 Å². The van der Waals surface area contributed by atoms with E-state index in [4.69, 9.17) is 23.8 Å². The number of aromatic nitrogens is 2. The van der Waals surface area contributed by atoms with Gasteiger partial charge in [0.1, 0.15) is 0 Å². The SMILES string of the molecule is Cc1cc(C)nc(NC(=NCCc2ccc(Cl)cc2)NC(=S)NC2CCCC2)n1. The van der Waals surface area contributed by atoms with Crippen LogP contribution in [0.1, 0.15) is 42.6 Å². The van der Waals surface area contributed by atoms with Crippen molar-refractivity contribution in [3.63, 3.8) is 0 Å². The predicted molar refractivity (Wildman–Crippen MR) is 124 cm³/mol. The Morgan fingerprint density at radius 2 is 1.79 bits per heavy atom. The number of benzene rings is 1. The second kappa shape index (κ2) is 10.5. The topological polar surface area (TPSA) is 74.2 Å². The highest BCUT2D eigenvalue weighted by Gasteiger charge is 2.16. The highest BCUT2D eigenvalue weighted by atomic mass is 35.5. The third-order valence-corrected chi connectivity index (χ3v) is 5.19. The molecule has 0 amide bonds. The second-order valence-corrected chi connectivity index (χ2v) is 8.13. The summed E-state index contributed by atoms with van der Waals surface area (Å²) in [6.07, 6.45) is 5.59. The zero-order valence-electron chi connectivity index (χ0n) is 16.8. The van der Waals surface area contributed by atoms with Crippen LogP contribution in [0.5, 0.6) is 0 Å². The molecule has 1 fully saturated rings. The number of halogens is 1. The van der Waals surface area contributed by atoms with Gasteiger partial charge in [-0.2, -0.15) is 0 Å². The van der Waals surface area contributed by atoms with Gasteiger partial charge in [0, 0.05) is 29.0 Å². The Balaban J connectivity index is 1.66. The lowest BCUT2D eigenvalue weighted by Gasteiger charge is -2.17. The summed E-state index contributed by atoms with van der Waals surface area (Å²) in [5, 5.41) is 11.0. The molecule has 6 nitrogen and oxygen atoms in total. The third kappa shape index (κ3) is 7.25. The summed E-state index contributed by atoms with van der Waals surface area (Å²) in [5.41, 5.74) is 2.96. The first kappa shape index (κ1) is 21.5. The highest BCUT2D eigenvalue weighted by molar-refractivity contribution is 7.80. The lowest BCUT2D eigenvalue weighted by atomic mass is 10.1. The van der Waals surface area contributed by atoms with Gasteiger partial charge in [0.25, 0.3) is 0 Å². The van der Waals surface area contributed by atoms with Gasteiger partial charge in [-0.1, -0.05) is 36.6 Å². The quantitative estimate of drug-likeness (QED) is 0.375. The fourth-order valence-electron chi connectivity index (χ4n) is 3.35. The van der Waals surface area contributed by atoms with Gasteiger partial charge >= 0.3 is 0 Å². The van der Waals surface area contributed by atoms with Crippen molar-refractivity contribution in [3.8, 4) is 0 Å². The predicted octanol–water partition coefficient (Wildman–Crippen LogP) is 4.16. The third-order valence-electron chi connectivity index (χ3n) is 4.72. The van der Waals surface area contributed by atoms with E-state index in [1.807, 2.05) is 44.2 Å². The van der Waals surface area contributed by atoms with Crippen LogP contribution >= 0.6 is 23.8 Å². The summed E-state index contributed by atoms with van der Waals surface area (Å²) in [7, 11) is 0. The molecule has 0 atom stereocenters. The molecule has 0 unspecified atom stereocenters. The van der Waals surface area contributed by atoms with E-state index >= 15 is 0 Å². The van der Waals surface area contributed by atoms with Crippen LogP contribution in [0.25, 0.3) is 0 Å². The van der Waals surface area contributed by atoms with Crippen molar-refractivity contribution in [3.05, 3.63) is 52.3 Å². The molecule has 8 heteroatoms. The van der Waals surface area contributed by atoms with Gasteiger partial charge in [-0.3, -0.25) is 10.3 Å². The summed E-state index contributed by atoms with van der Waals surface area (Å²) in [6.45, 7) is 4.47. The molecule has 0 spiro atoms. The van der Waals surface area contributed by atoms with Crippen molar-refractivity contribution in [2.75, 3.05) is 11.9 Å². The van der Waals surface area contributed by atoms with Crippen molar-refractivity contribution in [1.82, 2.24) is 20.6 Å². The van der Waals surface area contributed by atoms with E-state index in [0.717, 1.165) is 35.7 Å². The molecule has 1 saturated carbocycles. The van der Waals surface area contributed by atoms with E-state index in [-0.39, 0.29) is 0 Å². The molecular weight excluding hydrogens is 404 g/mol. The Kier molecular flexibility index (Phi) is 7.77. The number of nitrogens with zero attached hydrogens (tertiary/aromatic N) is 3. The smallest absolute Gasteiger partial charge is 0.229 e. The van der Waals surface area contributed by atoms with Crippen LogP contribution in [0.4, 0.5) is 5.95 Å². The molecule has 3 rings (SSSR count). The molecule has 0 radical (unpaired) electrons. The summed E-state index contributed by atoms with van der Waals surface area (Å²) in [4.78, 5) is 13.5. The Hall–Kier alpha value is -2.25. The normalized spacial score (nSPS) is 14.7. The molecule has 154 valence electrons. The minimum absolute atomic E-state index is 0.433. The van der Waals surface area contributed by atoms with Crippen LogP contribution in [0, 0.1) is 13.8 Å². The van der Waals surface area contributed by atoms with Gasteiger partial charge in [-0.15, -0.1) is 0 Å². The first-order valence-corrected chi connectivity index (χ1v) is 10.7. The zero-order chi connectivity index (χ0) is 20.6. The molecular formula is C21H27ClN6S. The molecule has 1 aliphatic carbocycles. The number of aliphatic imine (C=N–C) groups is 1. The monoisotopic (exact) mass is 430 g/mol. The van der Waals surface area contributed by atoms with Crippen LogP contribution in [0.2, 0.25) is 5.02 Å². The van der Waals surface area contributed by atoms with Gasteiger partial charge in [-0.25, -0.2) is 9.97 Å². The minimum atomic E-state index is 0.433. The molecule has 0 saturated heterocycles. The van der Waals surface area contributed by atoms with E-state index < -0.39 is 0 Å². The Bertz CT molecular complexity index is 842. The summed E-state index contributed by atoms with van der Waals surface area (Å²) >= 11 is 11.5. The van der Waals surface area contributed by atoms with Gasteiger partial charge in [0.15, 0.2) is 5.11 Å². The van der Waals surface area contributed by atoms with E-state index in [2.05, 4.69) is 30.9 Å². The Morgan fingerprint density at radius 3 is 2.45 bits per heavy atom. The van der Waals surface area contributed by atoms with Gasteiger partial charge in [0.05, 0.1) is 0 Å². The number of thiocarbonyl (C=S) groups is 1. The van der Waals surface area contributed by atoms with Gasteiger partial charge in [-0.05, 0) is 69.1 Å². The lowest BCUT2D eigenvalue weighted by molar-refractivity contribution is 0.629. The maximum Gasteiger partial charge on any atom is 0.229 e. The molecule has 1 heterocycles. The van der Waals surface area contributed by atoms with Crippen LogP contribution < -0.4 is 16.0 Å².